The van der Waals surface area contributed by atoms with Gasteiger partial charge in [0.2, 0.25) is 0 Å². The van der Waals surface area contributed by atoms with Crippen LogP contribution in [0.3, 0.4) is 0 Å². The van der Waals surface area contributed by atoms with Crippen molar-refractivity contribution in [2.75, 3.05) is 19.0 Å². The molecule has 1 aliphatic heterocycles. The summed E-state index contributed by atoms with van der Waals surface area (Å²) >= 11 is 5.11. The second kappa shape index (κ2) is 10.3. The Kier molecular flexibility index (Phi) is 7.30. The fraction of sp³-hybridized carbons (Fsp3) is 0.364. The Morgan fingerprint density at radius 3 is 2.50 bits per heavy atom. The van der Waals surface area contributed by atoms with Crippen molar-refractivity contribution in [2.24, 2.45) is 0 Å². The molecule has 1 aromatic heterocycles. The van der Waals surface area contributed by atoms with E-state index < -0.39 is 0 Å². The zero-order chi connectivity index (χ0) is 20.8. The topological polar surface area (TPSA) is 58.4 Å². The van der Waals surface area contributed by atoms with Gasteiger partial charge in [-0.05, 0) is 68.3 Å². The van der Waals surface area contributed by atoms with E-state index in [4.69, 9.17) is 14.2 Å². The molecule has 2 aromatic carbocycles. The van der Waals surface area contributed by atoms with Gasteiger partial charge in [-0.25, -0.2) is 0 Å². The Bertz CT molecular complexity index is 941. The van der Waals surface area contributed by atoms with Crippen molar-refractivity contribution in [1.82, 2.24) is 14.8 Å². The number of ether oxygens (including phenoxy) is 3. The summed E-state index contributed by atoms with van der Waals surface area (Å²) in [4.78, 5) is 0. The summed E-state index contributed by atoms with van der Waals surface area (Å²) in [6.45, 7) is 3.79. The number of hydrogen-bond donors (Lipinski definition) is 0. The maximum absolute atomic E-state index is 5.96. The van der Waals surface area contributed by atoms with Crippen molar-refractivity contribution < 1.29 is 14.2 Å². The van der Waals surface area contributed by atoms with Gasteiger partial charge in [0.25, 0.3) is 0 Å². The first kappa shape index (κ1) is 21.2. The van der Waals surface area contributed by atoms with Crippen molar-refractivity contribution >= 4 is 27.7 Å². The highest BCUT2D eigenvalue weighted by molar-refractivity contribution is 9.10. The lowest BCUT2D eigenvalue weighted by atomic mass is 10.3. The van der Waals surface area contributed by atoms with Crippen LogP contribution in [0.1, 0.15) is 25.6 Å². The van der Waals surface area contributed by atoms with E-state index in [1.165, 1.54) is 0 Å². The van der Waals surface area contributed by atoms with E-state index in [9.17, 15) is 0 Å². The molecule has 0 radical (unpaired) electrons. The molecular weight excluding hydrogens is 466 g/mol. The molecule has 1 aliphatic rings. The van der Waals surface area contributed by atoms with Gasteiger partial charge in [0.15, 0.2) is 11.0 Å². The van der Waals surface area contributed by atoms with Crippen LogP contribution in [-0.4, -0.2) is 39.8 Å². The highest BCUT2D eigenvalue weighted by Crippen LogP contribution is 2.27. The molecule has 1 unspecified atom stereocenters. The van der Waals surface area contributed by atoms with Gasteiger partial charge in [-0.2, -0.15) is 0 Å². The third kappa shape index (κ3) is 5.36. The van der Waals surface area contributed by atoms with Crippen LogP contribution in [0, 0.1) is 0 Å². The zero-order valence-corrected chi connectivity index (χ0v) is 19.2. The first-order valence-corrected chi connectivity index (χ1v) is 11.8. The van der Waals surface area contributed by atoms with E-state index in [2.05, 4.69) is 26.1 Å². The second-order valence-corrected chi connectivity index (χ2v) is 8.75. The van der Waals surface area contributed by atoms with E-state index in [-0.39, 0.29) is 6.10 Å². The minimum atomic E-state index is 0.281. The van der Waals surface area contributed by atoms with Crippen LogP contribution < -0.4 is 9.47 Å². The fourth-order valence-corrected chi connectivity index (χ4v) is 4.53. The molecule has 30 heavy (non-hydrogen) atoms. The van der Waals surface area contributed by atoms with Gasteiger partial charge in [0, 0.05) is 22.5 Å². The monoisotopic (exact) mass is 489 g/mol. The van der Waals surface area contributed by atoms with Crippen LogP contribution >= 0.6 is 27.7 Å². The van der Waals surface area contributed by atoms with Crippen LogP contribution in [0.2, 0.25) is 0 Å². The smallest absolute Gasteiger partial charge is 0.196 e. The third-order valence-corrected chi connectivity index (χ3v) is 6.30. The van der Waals surface area contributed by atoms with E-state index in [1.807, 2.05) is 60.0 Å². The maximum Gasteiger partial charge on any atom is 0.196 e. The minimum absolute atomic E-state index is 0.281. The molecule has 2 heterocycles. The molecule has 0 amide bonds. The van der Waals surface area contributed by atoms with Gasteiger partial charge in [-0.1, -0.05) is 27.7 Å². The highest BCUT2D eigenvalue weighted by atomic mass is 79.9. The lowest BCUT2D eigenvalue weighted by molar-refractivity contribution is 0.129. The molecule has 6 nitrogen and oxygen atoms in total. The van der Waals surface area contributed by atoms with Gasteiger partial charge in [0.05, 0.1) is 12.7 Å². The van der Waals surface area contributed by atoms with E-state index in [1.54, 1.807) is 11.8 Å². The average molecular weight is 490 g/mol. The van der Waals surface area contributed by atoms with Crippen LogP contribution in [0.15, 0.2) is 58.2 Å². The summed E-state index contributed by atoms with van der Waals surface area (Å²) in [7, 11) is 0. The van der Waals surface area contributed by atoms with Gasteiger partial charge in [-0.15, -0.1) is 10.2 Å². The number of halogens is 1. The molecule has 1 saturated heterocycles. The van der Waals surface area contributed by atoms with Crippen LogP contribution in [0.25, 0.3) is 5.69 Å². The van der Waals surface area contributed by atoms with Crippen molar-refractivity contribution in [3.63, 3.8) is 0 Å². The Labute approximate surface area is 189 Å². The van der Waals surface area contributed by atoms with Crippen molar-refractivity contribution in [3.05, 3.63) is 58.8 Å². The van der Waals surface area contributed by atoms with E-state index in [0.29, 0.717) is 13.2 Å². The SMILES string of the molecule is CCOc1ccc(-n2c(COc3ccc(Br)cc3)nnc2SCC2CCCO2)cc1. The lowest BCUT2D eigenvalue weighted by Crippen LogP contribution is -2.10. The number of nitrogens with zero attached hydrogens (tertiary/aromatic N) is 3. The van der Waals surface area contributed by atoms with Crippen molar-refractivity contribution in [1.29, 1.82) is 0 Å². The highest BCUT2D eigenvalue weighted by Gasteiger charge is 2.20. The first-order valence-electron chi connectivity index (χ1n) is 10.0. The summed E-state index contributed by atoms with van der Waals surface area (Å²) in [5.41, 5.74) is 0.979. The molecule has 4 rings (SSSR count). The molecule has 0 saturated carbocycles. The van der Waals surface area contributed by atoms with Gasteiger partial charge >= 0.3 is 0 Å². The number of benzene rings is 2. The first-order chi connectivity index (χ1) is 14.7. The average Bonchev–Trinajstić information content (AvgIpc) is 3.42. The number of aromatic nitrogens is 3. The summed E-state index contributed by atoms with van der Waals surface area (Å²) < 4.78 is 20.4. The van der Waals surface area contributed by atoms with Crippen LogP contribution in [-0.2, 0) is 11.3 Å². The molecular formula is C22H24BrN3O3S. The van der Waals surface area contributed by atoms with Gasteiger partial charge < -0.3 is 14.2 Å². The number of thioether (sulfide) groups is 1. The quantitative estimate of drug-likeness (QED) is 0.381. The van der Waals surface area contributed by atoms with Crippen LogP contribution in [0.4, 0.5) is 0 Å². The minimum Gasteiger partial charge on any atom is -0.494 e. The molecule has 1 fully saturated rings. The van der Waals surface area contributed by atoms with E-state index in [0.717, 1.165) is 57.8 Å². The molecule has 0 N–H and O–H groups in total. The Morgan fingerprint density at radius 2 is 1.80 bits per heavy atom. The third-order valence-electron chi connectivity index (χ3n) is 4.71. The normalized spacial score (nSPS) is 16.0. The zero-order valence-electron chi connectivity index (χ0n) is 16.8. The van der Waals surface area contributed by atoms with Crippen molar-refractivity contribution in [3.8, 4) is 17.2 Å². The largest absolute Gasteiger partial charge is 0.494 e. The fourth-order valence-electron chi connectivity index (χ4n) is 3.23. The summed E-state index contributed by atoms with van der Waals surface area (Å²) in [6, 6.07) is 15.7. The molecule has 0 bridgehead atoms. The van der Waals surface area contributed by atoms with Gasteiger partial charge in [-0.3, -0.25) is 4.57 Å². The lowest BCUT2D eigenvalue weighted by Gasteiger charge is -2.13. The summed E-state index contributed by atoms with van der Waals surface area (Å²) in [5, 5.41) is 9.69. The second-order valence-electron chi connectivity index (χ2n) is 6.85. The van der Waals surface area contributed by atoms with Crippen molar-refractivity contribution in [2.45, 2.75) is 37.6 Å². The van der Waals surface area contributed by atoms with E-state index >= 15 is 0 Å². The predicted octanol–water partition coefficient (Wildman–Crippen LogP) is 5.28. The standard InChI is InChI=1S/C22H24BrN3O3S/c1-2-27-18-11-7-17(8-12-18)26-21(14-29-19-9-5-16(23)6-10-19)24-25-22(26)30-15-20-4-3-13-28-20/h5-12,20H,2-4,13-15H2,1H3. The summed E-state index contributed by atoms with van der Waals surface area (Å²) in [6.07, 6.45) is 2.51. The Hall–Kier alpha value is -2.03. The molecule has 8 heteroatoms. The summed E-state index contributed by atoms with van der Waals surface area (Å²) in [5.74, 6) is 3.24. The Balaban J connectivity index is 1.55. The molecule has 0 spiro atoms. The predicted molar refractivity (Wildman–Crippen MR) is 121 cm³/mol. The number of hydrogen-bond acceptors (Lipinski definition) is 6. The molecule has 3 aromatic rings. The molecule has 0 aliphatic carbocycles. The molecule has 158 valence electrons. The number of rotatable bonds is 9. The molecule has 1 atom stereocenters. The van der Waals surface area contributed by atoms with Crippen LogP contribution in [0.5, 0.6) is 11.5 Å². The van der Waals surface area contributed by atoms with Gasteiger partial charge in [0.1, 0.15) is 18.1 Å². The maximum atomic E-state index is 5.96. The Morgan fingerprint density at radius 1 is 1.07 bits per heavy atom.